The number of likely N-dealkylation sites (tertiary alicyclic amines) is 1. The molecule has 0 saturated carbocycles. The van der Waals surface area contributed by atoms with Crippen molar-refractivity contribution >= 4 is 34.8 Å². The van der Waals surface area contributed by atoms with Crippen molar-refractivity contribution in [1.82, 2.24) is 20.0 Å². The fourth-order valence-electron chi connectivity index (χ4n) is 4.58. The molecule has 0 aliphatic carbocycles. The molecular weight excluding hydrogens is 508 g/mol. The predicted molar refractivity (Wildman–Crippen MR) is 147 cm³/mol. The Bertz CT molecular complexity index is 1290. The van der Waals surface area contributed by atoms with Gasteiger partial charge in [0.05, 0.1) is 29.6 Å². The molecule has 0 radical (unpaired) electrons. The molecule has 4 rings (SSSR count). The van der Waals surface area contributed by atoms with Crippen LogP contribution in [0.2, 0.25) is 5.02 Å². The van der Waals surface area contributed by atoms with Crippen LogP contribution in [-0.4, -0.2) is 69.6 Å². The number of rotatable bonds is 9. The van der Waals surface area contributed by atoms with Crippen LogP contribution in [0.25, 0.3) is 10.8 Å². The minimum Gasteiger partial charge on any atom is -0.483 e. The number of aliphatic hydroxyl groups is 1. The van der Waals surface area contributed by atoms with Crippen molar-refractivity contribution in [2.24, 2.45) is 5.41 Å². The Morgan fingerprint density at radius 2 is 1.84 bits per heavy atom. The molecule has 1 aliphatic rings. The molecule has 2 aromatic carbocycles. The van der Waals surface area contributed by atoms with Crippen LogP contribution in [0.5, 0.6) is 0 Å². The van der Waals surface area contributed by atoms with E-state index in [2.05, 4.69) is 10.2 Å². The Balaban J connectivity index is 0.00000127. The van der Waals surface area contributed by atoms with Gasteiger partial charge in [0.2, 0.25) is 5.91 Å². The van der Waals surface area contributed by atoms with Crippen molar-refractivity contribution in [3.63, 3.8) is 0 Å². The van der Waals surface area contributed by atoms with Crippen molar-refractivity contribution in [3.05, 3.63) is 75.2 Å². The van der Waals surface area contributed by atoms with E-state index in [1.54, 1.807) is 18.5 Å². The SMILES string of the molecule is CC(C)(CO)C(=O)NCCN1CCC[C@@H]1Cn1nc(Cc2ccc(Cl)cc2)c2ccccc2c1=O.O=CO. The minimum atomic E-state index is -0.798. The van der Waals surface area contributed by atoms with Gasteiger partial charge in [0, 0.05) is 36.0 Å². The number of carbonyl (C=O) groups excluding carboxylic acids is 1. The molecule has 204 valence electrons. The number of carboxylic acid groups (broad SMARTS) is 1. The summed E-state index contributed by atoms with van der Waals surface area (Å²) in [6, 6.07) is 15.5. The zero-order valence-electron chi connectivity index (χ0n) is 21.8. The molecule has 1 fully saturated rings. The van der Waals surface area contributed by atoms with E-state index in [0.29, 0.717) is 36.5 Å². The zero-order chi connectivity index (χ0) is 27.7. The van der Waals surface area contributed by atoms with Gasteiger partial charge in [-0.3, -0.25) is 19.3 Å². The van der Waals surface area contributed by atoms with Crippen molar-refractivity contribution < 1.29 is 19.8 Å². The van der Waals surface area contributed by atoms with Crippen LogP contribution >= 0.6 is 11.6 Å². The lowest BCUT2D eigenvalue weighted by Crippen LogP contribution is -2.44. The monoisotopic (exact) mass is 542 g/mol. The van der Waals surface area contributed by atoms with Crippen LogP contribution in [0.3, 0.4) is 0 Å². The molecule has 38 heavy (non-hydrogen) atoms. The first kappa shape index (κ1) is 29.3. The lowest BCUT2D eigenvalue weighted by atomic mass is 9.94. The predicted octanol–water partition coefficient (Wildman–Crippen LogP) is 2.94. The summed E-state index contributed by atoms with van der Waals surface area (Å²) in [4.78, 5) is 36.2. The third-order valence-corrected chi connectivity index (χ3v) is 7.06. The highest BCUT2D eigenvalue weighted by molar-refractivity contribution is 6.30. The number of hydrogen-bond donors (Lipinski definition) is 3. The Morgan fingerprint density at radius 1 is 1.18 bits per heavy atom. The molecule has 3 aromatic rings. The van der Waals surface area contributed by atoms with Gasteiger partial charge in [-0.1, -0.05) is 41.9 Å². The molecule has 0 unspecified atom stereocenters. The van der Waals surface area contributed by atoms with Gasteiger partial charge >= 0.3 is 0 Å². The molecule has 1 aromatic heterocycles. The van der Waals surface area contributed by atoms with E-state index < -0.39 is 5.41 Å². The second-order valence-corrected chi connectivity index (χ2v) is 10.5. The molecule has 3 N–H and O–H groups in total. The summed E-state index contributed by atoms with van der Waals surface area (Å²) in [5.41, 5.74) is 1.07. The minimum absolute atomic E-state index is 0.0784. The van der Waals surface area contributed by atoms with E-state index in [-0.39, 0.29) is 30.6 Å². The molecular formula is C28H35ClN4O5. The third kappa shape index (κ3) is 7.40. The molecule has 1 aliphatic heterocycles. The standard InChI is InChI=1S/C27H33ClN4O3.CH2O2/c1-27(2,18-33)26(35)29-13-15-31-14-5-6-21(31)17-32-25(34)23-8-4-3-7-22(23)24(30-32)16-19-9-11-20(28)12-10-19;2-1-3/h3-4,7-12,21,33H,5-6,13-18H2,1-2H3,(H,29,35);1H,(H,2,3)/t21-;/m1./s1. The van der Waals surface area contributed by atoms with Gasteiger partial charge in [0.1, 0.15) is 0 Å². The number of hydrogen-bond acceptors (Lipinski definition) is 6. The fraction of sp³-hybridized carbons (Fsp3) is 0.429. The summed E-state index contributed by atoms with van der Waals surface area (Å²) in [5, 5.41) is 26.3. The second-order valence-electron chi connectivity index (χ2n) is 10.0. The Labute approximate surface area is 227 Å². The first-order valence-electron chi connectivity index (χ1n) is 12.6. The Hall–Kier alpha value is -3.27. The summed E-state index contributed by atoms with van der Waals surface area (Å²) in [6.07, 6.45) is 2.63. The van der Waals surface area contributed by atoms with Crippen molar-refractivity contribution in [2.75, 3.05) is 26.2 Å². The molecule has 1 saturated heterocycles. The van der Waals surface area contributed by atoms with Gasteiger partial charge in [0.15, 0.2) is 0 Å². The highest BCUT2D eigenvalue weighted by atomic mass is 35.5. The number of benzene rings is 2. The Kier molecular flexibility index (Phi) is 10.4. The number of carbonyl (C=O) groups is 2. The van der Waals surface area contributed by atoms with Gasteiger partial charge < -0.3 is 15.5 Å². The van der Waals surface area contributed by atoms with Gasteiger partial charge in [-0.15, -0.1) is 0 Å². The number of aromatic nitrogens is 2. The summed E-state index contributed by atoms with van der Waals surface area (Å²) in [5.74, 6) is -0.157. The normalized spacial score (nSPS) is 15.6. The van der Waals surface area contributed by atoms with Crippen LogP contribution in [0.15, 0.2) is 53.3 Å². The fourth-order valence-corrected chi connectivity index (χ4v) is 4.70. The number of halogens is 1. The smallest absolute Gasteiger partial charge is 0.290 e. The van der Waals surface area contributed by atoms with E-state index in [9.17, 15) is 14.7 Å². The average molecular weight is 543 g/mol. The summed E-state index contributed by atoms with van der Waals surface area (Å²) in [7, 11) is 0. The van der Waals surface area contributed by atoms with Crippen LogP contribution < -0.4 is 10.9 Å². The second kappa shape index (κ2) is 13.5. The third-order valence-electron chi connectivity index (χ3n) is 6.81. The van der Waals surface area contributed by atoms with Gasteiger partial charge in [0.25, 0.3) is 12.0 Å². The average Bonchev–Trinajstić information content (AvgIpc) is 3.35. The summed E-state index contributed by atoms with van der Waals surface area (Å²) < 4.78 is 1.62. The highest BCUT2D eigenvalue weighted by Gasteiger charge is 2.28. The number of amides is 1. The number of aliphatic hydroxyl groups excluding tert-OH is 1. The van der Waals surface area contributed by atoms with Crippen LogP contribution in [0, 0.1) is 5.41 Å². The Morgan fingerprint density at radius 3 is 2.50 bits per heavy atom. The van der Waals surface area contributed by atoms with E-state index in [0.717, 1.165) is 36.0 Å². The lowest BCUT2D eigenvalue weighted by Gasteiger charge is -2.26. The molecule has 0 spiro atoms. The van der Waals surface area contributed by atoms with Crippen LogP contribution in [0.1, 0.15) is 37.9 Å². The maximum Gasteiger partial charge on any atom is 0.290 e. The van der Waals surface area contributed by atoms with E-state index in [4.69, 9.17) is 26.6 Å². The number of nitrogens with one attached hydrogen (secondary N) is 1. The molecule has 2 heterocycles. The largest absolute Gasteiger partial charge is 0.483 e. The van der Waals surface area contributed by atoms with E-state index >= 15 is 0 Å². The van der Waals surface area contributed by atoms with Gasteiger partial charge in [-0.05, 0) is 57.0 Å². The maximum atomic E-state index is 13.3. The van der Waals surface area contributed by atoms with Gasteiger partial charge in [-0.25, -0.2) is 4.68 Å². The molecule has 1 atom stereocenters. The van der Waals surface area contributed by atoms with Crippen molar-refractivity contribution in [1.29, 1.82) is 0 Å². The lowest BCUT2D eigenvalue weighted by molar-refractivity contribution is -0.131. The van der Waals surface area contributed by atoms with Gasteiger partial charge in [-0.2, -0.15) is 5.10 Å². The summed E-state index contributed by atoms with van der Waals surface area (Å²) in [6.45, 7) is 5.62. The van der Waals surface area contributed by atoms with Crippen molar-refractivity contribution in [3.8, 4) is 0 Å². The van der Waals surface area contributed by atoms with E-state index in [1.165, 1.54) is 0 Å². The van der Waals surface area contributed by atoms with Crippen molar-refractivity contribution in [2.45, 2.75) is 45.7 Å². The molecule has 1 amide bonds. The maximum absolute atomic E-state index is 13.3. The molecule has 0 bridgehead atoms. The molecule has 9 nitrogen and oxygen atoms in total. The topological polar surface area (TPSA) is 125 Å². The first-order chi connectivity index (χ1) is 18.2. The van der Waals surface area contributed by atoms with Crippen LogP contribution in [0.4, 0.5) is 0 Å². The van der Waals surface area contributed by atoms with Crippen LogP contribution in [-0.2, 0) is 22.6 Å². The quantitative estimate of drug-likeness (QED) is 0.355. The molecule has 10 heteroatoms. The number of nitrogens with zero attached hydrogens (tertiary/aromatic N) is 3. The zero-order valence-corrected chi connectivity index (χ0v) is 22.5. The summed E-state index contributed by atoms with van der Waals surface area (Å²) >= 11 is 6.05. The number of fused-ring (bicyclic) bond motifs is 1. The highest BCUT2D eigenvalue weighted by Crippen LogP contribution is 2.21. The van der Waals surface area contributed by atoms with E-state index in [1.807, 2.05) is 48.5 Å². The first-order valence-corrected chi connectivity index (χ1v) is 13.0.